The van der Waals surface area contributed by atoms with Gasteiger partial charge in [0.15, 0.2) is 0 Å². The van der Waals surface area contributed by atoms with Gasteiger partial charge in [-0.3, -0.25) is 24.3 Å². The average Bonchev–Trinajstić information content (AvgIpc) is 2.45. The molecule has 1 aromatic heterocycles. The summed E-state index contributed by atoms with van der Waals surface area (Å²) in [5, 5.41) is 14.0. The van der Waals surface area contributed by atoms with E-state index in [1.807, 2.05) is 6.92 Å². The fraction of sp³-hybridized carbons (Fsp3) is 0.200. The summed E-state index contributed by atoms with van der Waals surface area (Å²) in [5.41, 5.74) is 0.915. The van der Waals surface area contributed by atoms with E-state index in [1.54, 1.807) is 18.2 Å². The van der Waals surface area contributed by atoms with Crippen LogP contribution in [0.1, 0.15) is 11.1 Å². The first kappa shape index (κ1) is 16.7. The Bertz CT molecular complexity index is 845. The molecule has 0 aliphatic rings. The number of aromatic nitrogens is 1. The molecule has 0 spiro atoms. The van der Waals surface area contributed by atoms with Gasteiger partial charge in [-0.25, -0.2) is 0 Å². The SMILES string of the molecule is Cc1ccc(NC(=O)Cn2cc([N+](=O)[O-])c(C)cc2=O)cc1Cl. The Kier molecular flexibility index (Phi) is 4.80. The lowest BCUT2D eigenvalue weighted by Gasteiger charge is -2.09. The Hall–Kier alpha value is -2.67. The van der Waals surface area contributed by atoms with Crippen LogP contribution in [0.5, 0.6) is 0 Å². The first-order valence-electron chi connectivity index (χ1n) is 6.69. The topological polar surface area (TPSA) is 94.2 Å². The van der Waals surface area contributed by atoms with Gasteiger partial charge in [0.05, 0.1) is 11.1 Å². The van der Waals surface area contributed by atoms with Gasteiger partial charge in [-0.1, -0.05) is 17.7 Å². The molecule has 0 bridgehead atoms. The van der Waals surface area contributed by atoms with Gasteiger partial charge < -0.3 is 5.32 Å². The Morgan fingerprint density at radius 2 is 2.00 bits per heavy atom. The molecule has 2 rings (SSSR count). The van der Waals surface area contributed by atoms with Crippen LogP contribution in [-0.2, 0) is 11.3 Å². The normalized spacial score (nSPS) is 10.4. The van der Waals surface area contributed by atoms with Gasteiger partial charge in [-0.05, 0) is 31.5 Å². The number of nitrogens with one attached hydrogen (secondary N) is 1. The van der Waals surface area contributed by atoms with Crippen molar-refractivity contribution in [2.24, 2.45) is 0 Å². The molecule has 0 saturated carbocycles. The van der Waals surface area contributed by atoms with Gasteiger partial charge in [0.1, 0.15) is 6.54 Å². The molecule has 120 valence electrons. The molecule has 0 unspecified atom stereocenters. The van der Waals surface area contributed by atoms with E-state index in [9.17, 15) is 19.7 Å². The maximum Gasteiger partial charge on any atom is 0.288 e. The monoisotopic (exact) mass is 335 g/mol. The highest BCUT2D eigenvalue weighted by atomic mass is 35.5. The number of nitrogens with zero attached hydrogens (tertiary/aromatic N) is 2. The molecule has 0 fully saturated rings. The van der Waals surface area contributed by atoms with Crippen LogP contribution in [0.25, 0.3) is 0 Å². The Balaban J connectivity index is 2.20. The molecule has 23 heavy (non-hydrogen) atoms. The summed E-state index contributed by atoms with van der Waals surface area (Å²) >= 11 is 5.97. The van der Waals surface area contributed by atoms with Crippen molar-refractivity contribution in [1.29, 1.82) is 0 Å². The summed E-state index contributed by atoms with van der Waals surface area (Å²) in [6.07, 6.45) is 1.07. The van der Waals surface area contributed by atoms with E-state index in [1.165, 1.54) is 6.92 Å². The van der Waals surface area contributed by atoms with Crippen LogP contribution in [0.4, 0.5) is 11.4 Å². The Morgan fingerprint density at radius 3 is 2.61 bits per heavy atom. The summed E-state index contributed by atoms with van der Waals surface area (Å²) in [5.74, 6) is -0.481. The van der Waals surface area contributed by atoms with Crippen LogP contribution in [0.2, 0.25) is 5.02 Å². The molecule has 0 aliphatic heterocycles. The second kappa shape index (κ2) is 6.62. The lowest BCUT2D eigenvalue weighted by Crippen LogP contribution is -2.27. The largest absolute Gasteiger partial charge is 0.324 e. The van der Waals surface area contributed by atoms with E-state index in [2.05, 4.69) is 5.32 Å². The lowest BCUT2D eigenvalue weighted by atomic mass is 10.2. The van der Waals surface area contributed by atoms with Gasteiger partial charge >= 0.3 is 0 Å². The van der Waals surface area contributed by atoms with E-state index in [0.29, 0.717) is 10.7 Å². The molecule has 1 amide bonds. The van der Waals surface area contributed by atoms with Gasteiger partial charge in [0.25, 0.3) is 11.2 Å². The number of carbonyl (C=O) groups excluding carboxylic acids is 1. The molecule has 1 N–H and O–H groups in total. The van der Waals surface area contributed by atoms with E-state index >= 15 is 0 Å². The fourth-order valence-electron chi connectivity index (χ4n) is 2.00. The summed E-state index contributed by atoms with van der Waals surface area (Å²) in [6, 6.07) is 6.16. The molecule has 0 radical (unpaired) electrons. The third-order valence-corrected chi connectivity index (χ3v) is 3.68. The number of hydrogen-bond donors (Lipinski definition) is 1. The van der Waals surface area contributed by atoms with Crippen LogP contribution in [0, 0.1) is 24.0 Å². The number of carbonyl (C=O) groups is 1. The summed E-state index contributed by atoms with van der Waals surface area (Å²) in [4.78, 5) is 34.2. The molecule has 1 aromatic carbocycles. The maximum atomic E-state index is 12.0. The van der Waals surface area contributed by atoms with E-state index < -0.39 is 16.4 Å². The predicted octanol–water partition coefficient (Wildman–Crippen LogP) is 2.67. The molecule has 7 nitrogen and oxygen atoms in total. The van der Waals surface area contributed by atoms with Crippen molar-refractivity contribution in [3.05, 3.63) is 67.1 Å². The molecular formula is C15H14ClN3O4. The van der Waals surface area contributed by atoms with Crippen molar-refractivity contribution < 1.29 is 9.72 Å². The molecule has 8 heteroatoms. The smallest absolute Gasteiger partial charge is 0.288 e. The Labute approximate surface area is 136 Å². The summed E-state index contributed by atoms with van der Waals surface area (Å²) < 4.78 is 0.996. The minimum Gasteiger partial charge on any atom is -0.324 e. The zero-order valence-corrected chi connectivity index (χ0v) is 13.3. The first-order chi connectivity index (χ1) is 10.8. The molecule has 0 atom stereocenters. The van der Waals surface area contributed by atoms with Gasteiger partial charge in [0.2, 0.25) is 5.91 Å². The van der Waals surface area contributed by atoms with Crippen molar-refractivity contribution in [2.45, 2.75) is 20.4 Å². The third-order valence-electron chi connectivity index (χ3n) is 3.27. The number of amides is 1. The highest BCUT2D eigenvalue weighted by molar-refractivity contribution is 6.31. The highest BCUT2D eigenvalue weighted by Crippen LogP contribution is 2.20. The third kappa shape index (κ3) is 3.95. The zero-order valence-electron chi connectivity index (χ0n) is 12.5. The van der Waals surface area contributed by atoms with Crippen molar-refractivity contribution in [1.82, 2.24) is 4.57 Å². The van der Waals surface area contributed by atoms with Gasteiger partial charge in [-0.2, -0.15) is 0 Å². The van der Waals surface area contributed by atoms with Crippen LogP contribution in [0.15, 0.2) is 35.3 Å². The predicted molar refractivity (Wildman–Crippen MR) is 86.9 cm³/mol. The van der Waals surface area contributed by atoms with Gasteiger partial charge in [-0.15, -0.1) is 0 Å². The fourth-order valence-corrected chi connectivity index (χ4v) is 2.18. The standard InChI is InChI=1S/C15H14ClN3O4/c1-9-3-4-11(6-12(9)16)17-14(20)8-18-7-13(19(22)23)10(2)5-15(18)21/h3-7H,8H2,1-2H3,(H,17,20). The van der Waals surface area contributed by atoms with Crippen LogP contribution in [0.3, 0.4) is 0 Å². The molecule has 0 aliphatic carbocycles. The van der Waals surface area contributed by atoms with Crippen molar-refractivity contribution in [3.63, 3.8) is 0 Å². The van der Waals surface area contributed by atoms with Crippen molar-refractivity contribution >= 4 is 28.9 Å². The lowest BCUT2D eigenvalue weighted by molar-refractivity contribution is -0.385. The minimum absolute atomic E-state index is 0.212. The van der Waals surface area contributed by atoms with E-state index in [4.69, 9.17) is 11.6 Å². The summed E-state index contributed by atoms with van der Waals surface area (Å²) in [7, 11) is 0. The second-order valence-corrected chi connectivity index (χ2v) is 5.48. The number of benzene rings is 1. The van der Waals surface area contributed by atoms with E-state index in [0.717, 1.165) is 22.4 Å². The maximum absolute atomic E-state index is 12.0. The number of pyridine rings is 1. The first-order valence-corrected chi connectivity index (χ1v) is 7.07. The zero-order chi connectivity index (χ0) is 17.1. The number of nitro groups is 1. The number of anilines is 1. The Morgan fingerprint density at radius 1 is 1.30 bits per heavy atom. The highest BCUT2D eigenvalue weighted by Gasteiger charge is 2.15. The molecule has 0 saturated heterocycles. The van der Waals surface area contributed by atoms with Crippen LogP contribution >= 0.6 is 11.6 Å². The number of aryl methyl sites for hydroxylation is 2. The number of halogens is 1. The molecule has 2 aromatic rings. The quantitative estimate of drug-likeness (QED) is 0.686. The van der Waals surface area contributed by atoms with E-state index in [-0.39, 0.29) is 17.8 Å². The van der Waals surface area contributed by atoms with Crippen molar-refractivity contribution in [3.8, 4) is 0 Å². The van der Waals surface area contributed by atoms with Crippen molar-refractivity contribution in [2.75, 3.05) is 5.32 Å². The summed E-state index contributed by atoms with van der Waals surface area (Å²) in [6.45, 7) is 2.97. The number of rotatable bonds is 4. The molecule has 1 heterocycles. The minimum atomic E-state index is -0.594. The number of hydrogen-bond acceptors (Lipinski definition) is 4. The van der Waals surface area contributed by atoms with Gasteiger partial charge in [0, 0.05) is 22.3 Å². The average molecular weight is 336 g/mol. The second-order valence-electron chi connectivity index (χ2n) is 5.08. The molecular weight excluding hydrogens is 322 g/mol. The van der Waals surface area contributed by atoms with Crippen LogP contribution < -0.4 is 10.9 Å². The van der Waals surface area contributed by atoms with Crippen LogP contribution in [-0.4, -0.2) is 15.4 Å².